The van der Waals surface area contributed by atoms with Crippen molar-refractivity contribution < 1.29 is 19.1 Å². The maximum absolute atomic E-state index is 12.7. The summed E-state index contributed by atoms with van der Waals surface area (Å²) in [4.78, 5) is 31.2. The van der Waals surface area contributed by atoms with Gasteiger partial charge in [0.1, 0.15) is 22.7 Å². The highest BCUT2D eigenvalue weighted by atomic mass is 127. The minimum atomic E-state index is -0.560. The van der Waals surface area contributed by atoms with E-state index in [0.717, 1.165) is 27.7 Å². The van der Waals surface area contributed by atoms with Crippen molar-refractivity contribution in [3.05, 3.63) is 57.9 Å². The molecule has 0 saturated carbocycles. The number of benzene rings is 1. The molecule has 0 bridgehead atoms. The number of carbonyl (C=O) groups excluding carboxylic acids is 2. The average Bonchev–Trinajstić information content (AvgIpc) is 3.16. The maximum atomic E-state index is 12.7. The summed E-state index contributed by atoms with van der Waals surface area (Å²) in [5, 5.41) is 4.86. The lowest BCUT2D eigenvalue weighted by atomic mass is 10.1. The lowest BCUT2D eigenvalue weighted by Crippen LogP contribution is -2.44. The van der Waals surface area contributed by atoms with Crippen LogP contribution in [0.3, 0.4) is 0 Å². The number of carbonyl (C=O) groups is 2. The van der Waals surface area contributed by atoms with Gasteiger partial charge in [-0.15, -0.1) is 0 Å². The van der Waals surface area contributed by atoms with E-state index in [4.69, 9.17) is 14.6 Å². The Bertz CT molecular complexity index is 1200. The Labute approximate surface area is 218 Å². The number of piperidine rings is 1. The van der Waals surface area contributed by atoms with Gasteiger partial charge in [0.25, 0.3) is 0 Å². The topological polar surface area (TPSA) is 86.5 Å². The van der Waals surface area contributed by atoms with Gasteiger partial charge in [-0.1, -0.05) is 6.07 Å². The molecule has 1 aromatic carbocycles. The van der Waals surface area contributed by atoms with Crippen molar-refractivity contribution in [1.82, 2.24) is 19.7 Å². The lowest BCUT2D eigenvalue weighted by Gasteiger charge is -2.34. The van der Waals surface area contributed by atoms with E-state index in [1.54, 1.807) is 28.8 Å². The molecule has 2 aromatic heterocycles. The largest absolute Gasteiger partial charge is 0.444 e. The van der Waals surface area contributed by atoms with E-state index in [1.807, 2.05) is 57.2 Å². The van der Waals surface area contributed by atoms with Gasteiger partial charge in [-0.25, -0.2) is 9.78 Å². The fraction of sp³-hybridized carbons (Fsp3) is 0.385. The number of likely N-dealkylation sites (tertiary alicyclic amines) is 1. The number of pyridine rings is 1. The van der Waals surface area contributed by atoms with Crippen molar-refractivity contribution in [1.29, 1.82) is 0 Å². The number of halogens is 1. The van der Waals surface area contributed by atoms with Gasteiger partial charge >= 0.3 is 6.09 Å². The molecule has 184 valence electrons. The zero-order valence-corrected chi connectivity index (χ0v) is 22.5. The zero-order chi connectivity index (χ0) is 25.2. The zero-order valence-electron chi connectivity index (χ0n) is 20.3. The summed E-state index contributed by atoms with van der Waals surface area (Å²) in [6, 6.07) is 12.9. The van der Waals surface area contributed by atoms with Gasteiger partial charge in [0.15, 0.2) is 5.78 Å². The lowest BCUT2D eigenvalue weighted by molar-refractivity contribution is 0.0167. The van der Waals surface area contributed by atoms with Crippen LogP contribution in [0.4, 0.5) is 4.79 Å². The van der Waals surface area contributed by atoms with Gasteiger partial charge in [0, 0.05) is 37.8 Å². The molecule has 1 amide bonds. The van der Waals surface area contributed by atoms with Crippen molar-refractivity contribution in [3.8, 4) is 22.9 Å². The SMILES string of the molecule is CC(=O)c1c(I)c(-c2ccc(Oc3ccccn3)cc2)nn1[C@@H]1CCCN(C(=O)OC(C)(C)C)C1. The van der Waals surface area contributed by atoms with Crippen LogP contribution in [0.2, 0.25) is 0 Å². The molecule has 0 N–H and O–H groups in total. The summed E-state index contributed by atoms with van der Waals surface area (Å²) >= 11 is 2.19. The van der Waals surface area contributed by atoms with Gasteiger partial charge in [-0.2, -0.15) is 5.10 Å². The third-order valence-electron chi connectivity index (χ3n) is 5.57. The van der Waals surface area contributed by atoms with E-state index in [1.165, 1.54) is 0 Å². The molecular weight excluding hydrogens is 559 g/mol. The summed E-state index contributed by atoms with van der Waals surface area (Å²) in [5.41, 5.74) is 1.61. The number of Topliss-reactive ketones (excluding diaryl/α,β-unsaturated/α-hetero) is 1. The molecule has 8 nitrogen and oxygen atoms in total. The Balaban J connectivity index is 1.59. The Hall–Kier alpha value is -2.95. The Morgan fingerprint density at radius 1 is 1.11 bits per heavy atom. The average molecular weight is 588 g/mol. The predicted molar refractivity (Wildman–Crippen MR) is 141 cm³/mol. The molecule has 1 saturated heterocycles. The predicted octanol–water partition coefficient (Wildman–Crippen LogP) is 6.12. The van der Waals surface area contributed by atoms with E-state index in [0.29, 0.717) is 30.4 Å². The number of amides is 1. The molecule has 1 aliphatic rings. The van der Waals surface area contributed by atoms with Gasteiger partial charge < -0.3 is 14.4 Å². The molecule has 0 radical (unpaired) electrons. The van der Waals surface area contributed by atoms with E-state index in [9.17, 15) is 9.59 Å². The number of hydrogen-bond donors (Lipinski definition) is 0. The summed E-state index contributed by atoms with van der Waals surface area (Å²) in [6.45, 7) is 8.20. The molecule has 1 aliphatic heterocycles. The number of aromatic nitrogens is 3. The van der Waals surface area contributed by atoms with Crippen LogP contribution < -0.4 is 4.74 Å². The fourth-order valence-electron chi connectivity index (χ4n) is 4.03. The molecule has 0 aliphatic carbocycles. The normalized spacial score (nSPS) is 16.1. The van der Waals surface area contributed by atoms with Crippen LogP contribution >= 0.6 is 22.6 Å². The third-order valence-corrected chi connectivity index (χ3v) is 6.59. The van der Waals surface area contributed by atoms with Crippen molar-refractivity contribution >= 4 is 34.5 Å². The maximum Gasteiger partial charge on any atom is 0.410 e. The quantitative estimate of drug-likeness (QED) is 0.264. The van der Waals surface area contributed by atoms with Crippen molar-refractivity contribution in [2.75, 3.05) is 13.1 Å². The molecule has 3 aromatic rings. The molecular formula is C26H29IN4O4. The van der Waals surface area contributed by atoms with E-state index < -0.39 is 5.60 Å². The van der Waals surface area contributed by atoms with Crippen LogP contribution in [0, 0.1) is 3.57 Å². The molecule has 1 atom stereocenters. The third kappa shape index (κ3) is 6.01. The number of ether oxygens (including phenoxy) is 2. The second kappa shape index (κ2) is 10.3. The number of ketones is 1. The van der Waals surface area contributed by atoms with Gasteiger partial charge in [-0.3, -0.25) is 9.48 Å². The van der Waals surface area contributed by atoms with Crippen LogP contribution in [-0.2, 0) is 4.74 Å². The summed E-state index contributed by atoms with van der Waals surface area (Å²) in [5.74, 6) is 1.12. The first-order valence-electron chi connectivity index (χ1n) is 11.6. The minimum Gasteiger partial charge on any atom is -0.444 e. The highest BCUT2D eigenvalue weighted by molar-refractivity contribution is 14.1. The highest BCUT2D eigenvalue weighted by Gasteiger charge is 2.32. The van der Waals surface area contributed by atoms with Gasteiger partial charge in [-0.05, 0) is 86.5 Å². The first-order chi connectivity index (χ1) is 16.6. The Morgan fingerprint density at radius 2 is 1.86 bits per heavy atom. The number of nitrogens with zero attached hydrogens (tertiary/aromatic N) is 4. The molecule has 0 unspecified atom stereocenters. The molecule has 1 fully saturated rings. The smallest absolute Gasteiger partial charge is 0.410 e. The summed E-state index contributed by atoms with van der Waals surface area (Å²) < 4.78 is 13.9. The molecule has 0 spiro atoms. The first-order valence-corrected chi connectivity index (χ1v) is 12.7. The van der Waals surface area contributed by atoms with Crippen molar-refractivity contribution in [3.63, 3.8) is 0 Å². The first kappa shape index (κ1) is 25.2. The second-order valence-electron chi connectivity index (χ2n) is 9.53. The van der Waals surface area contributed by atoms with Crippen molar-refractivity contribution in [2.24, 2.45) is 0 Å². The van der Waals surface area contributed by atoms with Crippen LogP contribution in [0.5, 0.6) is 11.6 Å². The van der Waals surface area contributed by atoms with Crippen LogP contribution in [0.25, 0.3) is 11.3 Å². The number of hydrogen-bond acceptors (Lipinski definition) is 6. The van der Waals surface area contributed by atoms with Crippen LogP contribution in [-0.4, -0.2) is 50.2 Å². The number of rotatable bonds is 5. The molecule has 3 heterocycles. The fourth-order valence-corrected chi connectivity index (χ4v) is 5.08. The van der Waals surface area contributed by atoms with E-state index >= 15 is 0 Å². The Morgan fingerprint density at radius 3 is 2.49 bits per heavy atom. The highest BCUT2D eigenvalue weighted by Crippen LogP contribution is 2.33. The van der Waals surface area contributed by atoms with Gasteiger partial charge in [0.05, 0.1) is 9.61 Å². The summed E-state index contributed by atoms with van der Waals surface area (Å²) in [7, 11) is 0. The summed E-state index contributed by atoms with van der Waals surface area (Å²) in [6.07, 6.45) is 2.98. The monoisotopic (exact) mass is 588 g/mol. The van der Waals surface area contributed by atoms with Gasteiger partial charge in [0.2, 0.25) is 5.88 Å². The standard InChI is InChI=1S/C26H29IN4O4/c1-17(32)24-22(27)23(18-10-12-20(13-11-18)34-21-9-5-6-14-28-21)29-31(24)19-8-7-15-30(16-19)25(33)35-26(2,3)4/h5-6,9-14,19H,7-8,15-16H2,1-4H3/t19-/m1/s1. The van der Waals surface area contributed by atoms with E-state index in [2.05, 4.69) is 27.6 Å². The molecule has 4 rings (SSSR count). The van der Waals surface area contributed by atoms with Crippen LogP contribution in [0.1, 0.15) is 57.1 Å². The minimum absolute atomic E-state index is 0.0577. The van der Waals surface area contributed by atoms with Crippen LogP contribution in [0.15, 0.2) is 48.7 Å². The molecule has 35 heavy (non-hydrogen) atoms. The second-order valence-corrected chi connectivity index (χ2v) is 10.6. The Kier molecular flexibility index (Phi) is 7.44. The van der Waals surface area contributed by atoms with Crippen molar-refractivity contribution in [2.45, 2.75) is 52.2 Å². The molecule has 9 heteroatoms. The van der Waals surface area contributed by atoms with E-state index in [-0.39, 0.29) is 17.9 Å².